The van der Waals surface area contributed by atoms with Crippen molar-refractivity contribution in [2.24, 2.45) is 0 Å². The molecule has 1 aromatic heterocycles. The molecule has 0 aliphatic heterocycles. The van der Waals surface area contributed by atoms with Gasteiger partial charge in [0, 0.05) is 11.6 Å². The summed E-state index contributed by atoms with van der Waals surface area (Å²) in [5.41, 5.74) is 4.98. The Bertz CT molecular complexity index is 745. The Hall–Kier alpha value is -2.00. The second-order valence-electron chi connectivity index (χ2n) is 4.56. The van der Waals surface area contributed by atoms with Gasteiger partial charge in [-0.2, -0.15) is 4.57 Å². The van der Waals surface area contributed by atoms with Crippen LogP contribution in [-0.2, 0) is 6.54 Å². The molecule has 3 aromatic rings. The highest BCUT2D eigenvalue weighted by atomic mass is 32.1. The van der Waals surface area contributed by atoms with Crippen molar-refractivity contribution in [1.82, 2.24) is 0 Å². The third-order valence-corrected chi connectivity index (χ3v) is 4.20. The van der Waals surface area contributed by atoms with Gasteiger partial charge in [0.2, 0.25) is 23.4 Å². The predicted molar refractivity (Wildman–Crippen MR) is 77.5 cm³/mol. The molecule has 0 saturated carbocycles. The first-order chi connectivity index (χ1) is 9.25. The Morgan fingerprint density at radius 2 is 1.84 bits per heavy atom. The fraction of sp³-hybridized carbons (Fsp3) is 0.125. The van der Waals surface area contributed by atoms with E-state index in [4.69, 9.17) is 0 Å². The number of thiazole rings is 1. The molecule has 0 unspecified atom stereocenters. The monoisotopic (exact) mass is 268 g/mol. The van der Waals surface area contributed by atoms with Crippen molar-refractivity contribution in [2.45, 2.75) is 13.5 Å². The molecule has 0 spiro atoms. The molecule has 2 nitrogen and oxygen atoms in total. The number of fused-ring (bicyclic) bond motifs is 1. The molecule has 0 aliphatic rings. The molecule has 2 aromatic carbocycles. The number of carbonyl (C=O) groups excluding carboxylic acids is 1. The maximum atomic E-state index is 12.4. The van der Waals surface area contributed by atoms with Gasteiger partial charge in [-0.25, -0.2) is 0 Å². The van der Waals surface area contributed by atoms with Crippen LogP contribution in [0.15, 0.2) is 54.0 Å². The first-order valence-electron chi connectivity index (χ1n) is 6.20. The van der Waals surface area contributed by atoms with Crippen LogP contribution in [0.3, 0.4) is 0 Å². The van der Waals surface area contributed by atoms with Crippen LogP contribution in [0.2, 0.25) is 0 Å². The molecule has 0 saturated heterocycles. The first kappa shape index (κ1) is 12.1. The first-order valence-corrected chi connectivity index (χ1v) is 7.08. The highest BCUT2D eigenvalue weighted by molar-refractivity contribution is 7.16. The molecule has 0 radical (unpaired) electrons. The van der Waals surface area contributed by atoms with E-state index in [1.807, 2.05) is 53.4 Å². The Morgan fingerprint density at radius 1 is 1.11 bits per heavy atom. The molecule has 0 N–H and O–H groups in total. The number of nitrogens with zero attached hydrogens (tertiary/aromatic N) is 1. The van der Waals surface area contributed by atoms with Gasteiger partial charge in [-0.05, 0) is 18.6 Å². The molecule has 0 amide bonds. The summed E-state index contributed by atoms with van der Waals surface area (Å²) in [5, 5.41) is 0. The number of ketones is 1. The second kappa shape index (κ2) is 4.94. The summed E-state index contributed by atoms with van der Waals surface area (Å²) < 4.78 is 3.23. The Morgan fingerprint density at radius 3 is 2.68 bits per heavy atom. The number of rotatable bonds is 3. The molecule has 3 rings (SSSR count). The van der Waals surface area contributed by atoms with Gasteiger partial charge < -0.3 is 0 Å². The fourth-order valence-electron chi connectivity index (χ4n) is 2.22. The molecular weight excluding hydrogens is 254 g/mol. The van der Waals surface area contributed by atoms with E-state index in [2.05, 4.69) is 12.1 Å². The highest BCUT2D eigenvalue weighted by Gasteiger charge is 2.17. The van der Waals surface area contributed by atoms with E-state index in [9.17, 15) is 4.79 Å². The van der Waals surface area contributed by atoms with E-state index in [1.54, 1.807) is 11.3 Å². The van der Waals surface area contributed by atoms with E-state index in [1.165, 1.54) is 4.70 Å². The Labute approximate surface area is 115 Å². The van der Waals surface area contributed by atoms with E-state index >= 15 is 0 Å². The van der Waals surface area contributed by atoms with Crippen LogP contribution in [0.5, 0.6) is 0 Å². The number of hydrogen-bond donors (Lipinski definition) is 0. The van der Waals surface area contributed by atoms with Crippen molar-refractivity contribution < 1.29 is 9.36 Å². The van der Waals surface area contributed by atoms with Crippen molar-refractivity contribution >= 4 is 27.3 Å². The van der Waals surface area contributed by atoms with Gasteiger partial charge in [-0.3, -0.25) is 4.79 Å². The summed E-state index contributed by atoms with van der Waals surface area (Å²) in [6.45, 7) is 2.37. The van der Waals surface area contributed by atoms with Crippen LogP contribution in [0.4, 0.5) is 0 Å². The number of para-hydroxylation sites is 1. The summed E-state index contributed by atoms with van der Waals surface area (Å²) >= 11 is 1.67. The zero-order valence-corrected chi connectivity index (χ0v) is 11.5. The molecule has 0 aliphatic carbocycles. The maximum absolute atomic E-state index is 12.4. The van der Waals surface area contributed by atoms with E-state index < -0.39 is 0 Å². The van der Waals surface area contributed by atoms with E-state index in [0.29, 0.717) is 6.54 Å². The van der Waals surface area contributed by atoms with Gasteiger partial charge in [0.05, 0.1) is 0 Å². The number of Topliss-reactive ketones (excluding diaryl/α,β-unsaturated/α-hetero) is 1. The molecule has 19 heavy (non-hydrogen) atoms. The van der Waals surface area contributed by atoms with Crippen LogP contribution >= 0.6 is 11.3 Å². The molecule has 0 fully saturated rings. The van der Waals surface area contributed by atoms with Gasteiger partial charge in [0.25, 0.3) is 0 Å². The topological polar surface area (TPSA) is 20.9 Å². The molecular formula is C16H14NOS+. The lowest BCUT2D eigenvalue weighted by Gasteiger charge is -2.01. The molecule has 0 bridgehead atoms. The Kier molecular flexibility index (Phi) is 3.13. The number of hydrogen-bond acceptors (Lipinski definition) is 2. The van der Waals surface area contributed by atoms with E-state index in [0.717, 1.165) is 16.6 Å². The normalized spacial score (nSPS) is 10.8. The fourth-order valence-corrected chi connectivity index (χ4v) is 3.11. The van der Waals surface area contributed by atoms with Gasteiger partial charge in [0.15, 0.2) is 0 Å². The number of aryl methyl sites for hydroxylation is 1. The van der Waals surface area contributed by atoms with Crippen molar-refractivity contribution in [3.05, 3.63) is 65.2 Å². The maximum Gasteiger partial charge on any atom is 0.227 e. The quantitative estimate of drug-likeness (QED) is 0.527. The van der Waals surface area contributed by atoms with Gasteiger partial charge >= 0.3 is 0 Å². The highest BCUT2D eigenvalue weighted by Crippen LogP contribution is 2.15. The molecule has 94 valence electrons. The average Bonchev–Trinajstić information content (AvgIpc) is 2.83. The summed E-state index contributed by atoms with van der Waals surface area (Å²) in [5.74, 6) is 0.159. The molecule has 3 heteroatoms. The standard InChI is InChI=1S/C16H14NOS/c1-12-6-2-3-7-13(12)15(18)10-17-11-19-16-9-5-4-8-14(16)17/h2-9,11H,10H2,1H3/q+1. The molecule has 1 heterocycles. The van der Waals surface area contributed by atoms with E-state index in [-0.39, 0.29) is 5.78 Å². The van der Waals surface area contributed by atoms with Crippen LogP contribution in [0.1, 0.15) is 15.9 Å². The van der Waals surface area contributed by atoms with Crippen LogP contribution in [0.25, 0.3) is 10.2 Å². The third-order valence-electron chi connectivity index (χ3n) is 3.24. The minimum Gasteiger partial charge on any atom is -0.287 e. The minimum absolute atomic E-state index is 0.159. The zero-order valence-electron chi connectivity index (χ0n) is 10.7. The van der Waals surface area contributed by atoms with Crippen molar-refractivity contribution in [1.29, 1.82) is 0 Å². The van der Waals surface area contributed by atoms with Crippen LogP contribution in [-0.4, -0.2) is 5.78 Å². The zero-order chi connectivity index (χ0) is 13.2. The van der Waals surface area contributed by atoms with Crippen LogP contribution < -0.4 is 4.57 Å². The number of aromatic nitrogens is 1. The lowest BCUT2D eigenvalue weighted by Crippen LogP contribution is -2.36. The van der Waals surface area contributed by atoms with Crippen molar-refractivity contribution in [2.75, 3.05) is 0 Å². The van der Waals surface area contributed by atoms with Crippen molar-refractivity contribution in [3.8, 4) is 0 Å². The van der Waals surface area contributed by atoms with Crippen LogP contribution in [0, 0.1) is 6.92 Å². The SMILES string of the molecule is Cc1ccccc1C(=O)C[n+]1csc2ccccc21. The molecule has 0 atom stereocenters. The lowest BCUT2D eigenvalue weighted by molar-refractivity contribution is -0.652. The summed E-state index contributed by atoms with van der Waals surface area (Å²) in [7, 11) is 0. The third kappa shape index (κ3) is 2.29. The average molecular weight is 268 g/mol. The lowest BCUT2D eigenvalue weighted by atomic mass is 10.1. The number of benzene rings is 2. The largest absolute Gasteiger partial charge is 0.287 e. The van der Waals surface area contributed by atoms with Gasteiger partial charge in [-0.15, -0.1) is 0 Å². The number of carbonyl (C=O) groups is 1. The van der Waals surface area contributed by atoms with Gasteiger partial charge in [-0.1, -0.05) is 47.7 Å². The van der Waals surface area contributed by atoms with Crippen molar-refractivity contribution in [3.63, 3.8) is 0 Å². The van der Waals surface area contributed by atoms with Gasteiger partial charge in [0.1, 0.15) is 4.70 Å². The minimum atomic E-state index is 0.159. The summed E-state index contributed by atoms with van der Waals surface area (Å²) in [4.78, 5) is 12.4. The summed E-state index contributed by atoms with van der Waals surface area (Å²) in [6.07, 6.45) is 0. The second-order valence-corrected chi connectivity index (χ2v) is 5.44. The smallest absolute Gasteiger partial charge is 0.227 e. The predicted octanol–water partition coefficient (Wildman–Crippen LogP) is 3.38. The summed E-state index contributed by atoms with van der Waals surface area (Å²) in [6, 6.07) is 15.9. The Balaban J connectivity index is 1.94.